The highest BCUT2D eigenvalue weighted by atomic mass is 32.1. The van der Waals surface area contributed by atoms with Crippen molar-refractivity contribution in [1.82, 2.24) is 5.32 Å². The second kappa shape index (κ2) is 5.41. The van der Waals surface area contributed by atoms with E-state index < -0.39 is 17.9 Å². The summed E-state index contributed by atoms with van der Waals surface area (Å²) < 4.78 is 0. The van der Waals surface area contributed by atoms with Crippen LogP contribution in [0.25, 0.3) is 0 Å². The maximum atomic E-state index is 11.7. The van der Waals surface area contributed by atoms with Crippen LogP contribution >= 0.6 is 12.6 Å². The van der Waals surface area contributed by atoms with Crippen molar-refractivity contribution in [2.75, 3.05) is 11.5 Å². The molecule has 1 rings (SSSR count). The number of benzene rings is 1. The summed E-state index contributed by atoms with van der Waals surface area (Å²) in [6, 6.07) is 5.43. The van der Waals surface area contributed by atoms with E-state index in [4.69, 9.17) is 10.8 Å². The van der Waals surface area contributed by atoms with Crippen LogP contribution in [0.3, 0.4) is 0 Å². The third kappa shape index (κ3) is 2.90. The van der Waals surface area contributed by atoms with E-state index >= 15 is 0 Å². The molecule has 0 spiro atoms. The minimum atomic E-state index is -1.13. The van der Waals surface area contributed by atoms with Gasteiger partial charge in [-0.2, -0.15) is 12.6 Å². The largest absolute Gasteiger partial charge is 0.480 e. The third-order valence-corrected chi connectivity index (χ3v) is 2.36. The number of nitrogens with one attached hydrogen (secondary N) is 1. The topological polar surface area (TPSA) is 92.4 Å². The average molecular weight is 240 g/mol. The lowest BCUT2D eigenvalue weighted by atomic mass is 10.1. The van der Waals surface area contributed by atoms with Gasteiger partial charge in [0.25, 0.3) is 5.91 Å². The second-order valence-electron chi connectivity index (χ2n) is 3.13. The van der Waals surface area contributed by atoms with Crippen LogP contribution in [0.1, 0.15) is 10.4 Å². The van der Waals surface area contributed by atoms with Crippen LogP contribution in [0.5, 0.6) is 0 Å². The maximum absolute atomic E-state index is 11.7. The van der Waals surface area contributed by atoms with Gasteiger partial charge in [0.05, 0.1) is 5.56 Å². The molecular formula is C10H12N2O3S. The van der Waals surface area contributed by atoms with Crippen LogP contribution in [-0.2, 0) is 4.79 Å². The van der Waals surface area contributed by atoms with Gasteiger partial charge in [0.15, 0.2) is 0 Å². The lowest BCUT2D eigenvalue weighted by molar-refractivity contribution is -0.138. The van der Waals surface area contributed by atoms with Gasteiger partial charge >= 0.3 is 5.97 Å². The maximum Gasteiger partial charge on any atom is 0.327 e. The first-order valence-corrected chi connectivity index (χ1v) is 5.18. The molecule has 0 bridgehead atoms. The van der Waals surface area contributed by atoms with Crippen LogP contribution in [0.2, 0.25) is 0 Å². The second-order valence-corrected chi connectivity index (χ2v) is 3.50. The first-order chi connectivity index (χ1) is 7.56. The Kier molecular flexibility index (Phi) is 4.19. The fourth-order valence-corrected chi connectivity index (χ4v) is 1.37. The Balaban J connectivity index is 2.80. The third-order valence-electron chi connectivity index (χ3n) is 1.99. The van der Waals surface area contributed by atoms with Crippen molar-refractivity contribution in [1.29, 1.82) is 0 Å². The van der Waals surface area contributed by atoms with Crippen molar-refractivity contribution < 1.29 is 14.7 Å². The molecule has 0 heterocycles. The number of carboxylic acid groups (broad SMARTS) is 1. The molecule has 6 heteroatoms. The Morgan fingerprint density at radius 3 is 2.56 bits per heavy atom. The number of carbonyl (C=O) groups excluding carboxylic acids is 1. The van der Waals surface area contributed by atoms with Crippen LogP contribution in [0.15, 0.2) is 24.3 Å². The zero-order valence-corrected chi connectivity index (χ0v) is 9.28. The van der Waals surface area contributed by atoms with Crippen molar-refractivity contribution in [3.63, 3.8) is 0 Å². The van der Waals surface area contributed by atoms with E-state index in [0.29, 0.717) is 5.69 Å². The molecule has 0 saturated carbocycles. The monoisotopic (exact) mass is 240 g/mol. The van der Waals surface area contributed by atoms with Gasteiger partial charge in [0.2, 0.25) is 0 Å². The number of hydrogen-bond acceptors (Lipinski definition) is 4. The smallest absolute Gasteiger partial charge is 0.327 e. The molecule has 0 fully saturated rings. The van der Waals surface area contributed by atoms with Crippen LogP contribution in [0.4, 0.5) is 5.69 Å². The normalized spacial score (nSPS) is 11.8. The Hall–Kier alpha value is -1.69. The summed E-state index contributed by atoms with van der Waals surface area (Å²) in [5, 5.41) is 11.1. The summed E-state index contributed by atoms with van der Waals surface area (Å²) in [7, 11) is 0. The summed E-state index contributed by atoms with van der Waals surface area (Å²) in [4.78, 5) is 22.3. The summed E-state index contributed by atoms with van der Waals surface area (Å²) in [6.45, 7) is 0. The minimum Gasteiger partial charge on any atom is -0.480 e. The van der Waals surface area contributed by atoms with E-state index in [9.17, 15) is 9.59 Å². The number of nitrogen functional groups attached to an aromatic ring is 1. The Labute approximate surface area is 98.1 Å². The number of carboxylic acids is 1. The number of para-hydroxylation sites is 1. The molecule has 16 heavy (non-hydrogen) atoms. The summed E-state index contributed by atoms with van der Waals surface area (Å²) in [6.07, 6.45) is 0. The van der Waals surface area contributed by atoms with Gasteiger partial charge in [-0.05, 0) is 12.1 Å². The summed E-state index contributed by atoms with van der Waals surface area (Å²) in [5.41, 5.74) is 6.16. The van der Waals surface area contributed by atoms with E-state index in [1.165, 1.54) is 6.07 Å². The van der Waals surface area contributed by atoms with Crippen LogP contribution < -0.4 is 11.1 Å². The number of aliphatic carboxylic acids is 1. The zero-order valence-electron chi connectivity index (χ0n) is 8.38. The molecule has 0 unspecified atom stereocenters. The van der Waals surface area contributed by atoms with Crippen molar-refractivity contribution in [3.8, 4) is 0 Å². The molecule has 4 N–H and O–H groups in total. The number of carbonyl (C=O) groups is 2. The predicted octanol–water partition coefficient (Wildman–Crippen LogP) is 0.382. The molecule has 0 aromatic heterocycles. The molecule has 0 aliphatic rings. The van der Waals surface area contributed by atoms with E-state index in [2.05, 4.69) is 17.9 Å². The van der Waals surface area contributed by atoms with Crippen molar-refractivity contribution in [2.45, 2.75) is 6.04 Å². The number of thiol groups is 1. The SMILES string of the molecule is Nc1ccccc1C(=O)N[C@@H](CS)C(=O)O. The molecule has 0 saturated heterocycles. The first kappa shape index (κ1) is 12.4. The Morgan fingerprint density at radius 1 is 1.44 bits per heavy atom. The number of anilines is 1. The van der Waals surface area contributed by atoms with Gasteiger partial charge in [0.1, 0.15) is 6.04 Å². The van der Waals surface area contributed by atoms with Gasteiger partial charge in [-0.1, -0.05) is 12.1 Å². The fraction of sp³-hybridized carbons (Fsp3) is 0.200. The van der Waals surface area contributed by atoms with Crippen LogP contribution in [0, 0.1) is 0 Å². The molecule has 5 nitrogen and oxygen atoms in total. The van der Waals surface area contributed by atoms with Crippen molar-refractivity contribution in [2.24, 2.45) is 0 Å². The zero-order chi connectivity index (χ0) is 12.1. The highest BCUT2D eigenvalue weighted by molar-refractivity contribution is 7.80. The first-order valence-electron chi connectivity index (χ1n) is 4.55. The van der Waals surface area contributed by atoms with Crippen molar-refractivity contribution >= 4 is 30.2 Å². The Bertz CT molecular complexity index is 409. The molecule has 0 aliphatic heterocycles. The molecule has 86 valence electrons. The van der Waals surface area contributed by atoms with E-state index in [1.807, 2.05) is 0 Å². The van der Waals surface area contributed by atoms with E-state index in [0.717, 1.165) is 0 Å². The Morgan fingerprint density at radius 2 is 2.06 bits per heavy atom. The van der Waals surface area contributed by atoms with Gasteiger partial charge in [-0.25, -0.2) is 4.79 Å². The van der Waals surface area contributed by atoms with Gasteiger partial charge in [-0.3, -0.25) is 4.79 Å². The number of amides is 1. The van der Waals surface area contributed by atoms with Gasteiger partial charge in [0, 0.05) is 11.4 Å². The van der Waals surface area contributed by atoms with E-state index in [1.54, 1.807) is 18.2 Å². The molecule has 1 amide bonds. The quantitative estimate of drug-likeness (QED) is 0.452. The fourth-order valence-electron chi connectivity index (χ4n) is 1.13. The van der Waals surface area contributed by atoms with Gasteiger partial charge < -0.3 is 16.2 Å². The molecule has 1 atom stereocenters. The average Bonchev–Trinajstić information content (AvgIpc) is 2.25. The van der Waals surface area contributed by atoms with E-state index in [-0.39, 0.29) is 11.3 Å². The number of rotatable bonds is 4. The number of nitrogens with two attached hydrogens (primary N) is 1. The highest BCUT2D eigenvalue weighted by Crippen LogP contribution is 2.10. The van der Waals surface area contributed by atoms with Crippen LogP contribution in [-0.4, -0.2) is 28.8 Å². The lowest BCUT2D eigenvalue weighted by Crippen LogP contribution is -2.42. The summed E-state index contributed by atoms with van der Waals surface area (Å²) >= 11 is 3.84. The predicted molar refractivity (Wildman–Crippen MR) is 63.6 cm³/mol. The van der Waals surface area contributed by atoms with Crippen molar-refractivity contribution in [3.05, 3.63) is 29.8 Å². The molecule has 0 aliphatic carbocycles. The molecule has 1 aromatic rings. The minimum absolute atomic E-state index is 0.0216. The molecule has 1 aromatic carbocycles. The highest BCUT2D eigenvalue weighted by Gasteiger charge is 2.19. The summed E-state index contributed by atoms with van der Waals surface area (Å²) in [5.74, 6) is -1.62. The lowest BCUT2D eigenvalue weighted by Gasteiger charge is -2.12. The van der Waals surface area contributed by atoms with Gasteiger partial charge in [-0.15, -0.1) is 0 Å². The number of hydrogen-bond donors (Lipinski definition) is 4. The standard InChI is InChI=1S/C10H12N2O3S/c11-7-4-2-1-3-6(7)9(13)12-8(5-16)10(14)15/h1-4,8,16H,5,11H2,(H,12,13)(H,14,15)/t8-/m0/s1. The molecular weight excluding hydrogens is 228 g/mol. The molecule has 0 radical (unpaired) electrons.